The largest absolute Gasteiger partial charge is 0.368 e. The normalized spacial score (nSPS) is 19.2. The van der Waals surface area contributed by atoms with Crippen LogP contribution in [0.2, 0.25) is 0 Å². The molecule has 1 amide bonds. The maximum absolute atomic E-state index is 11.8. The SMILES string of the molecule is CC(C)(C)Nc1ccc(NC(=O)C2CCCO2)cn1. The minimum Gasteiger partial charge on any atom is -0.368 e. The molecule has 5 heteroatoms. The van der Waals surface area contributed by atoms with Crippen LogP contribution in [0.25, 0.3) is 0 Å². The first-order chi connectivity index (χ1) is 8.94. The number of nitrogens with one attached hydrogen (secondary N) is 2. The molecule has 19 heavy (non-hydrogen) atoms. The first-order valence-electron chi connectivity index (χ1n) is 6.61. The smallest absolute Gasteiger partial charge is 0.253 e. The average molecular weight is 263 g/mol. The van der Waals surface area contributed by atoms with Crippen molar-refractivity contribution in [3.8, 4) is 0 Å². The molecule has 0 spiro atoms. The van der Waals surface area contributed by atoms with Crippen LogP contribution in [0.5, 0.6) is 0 Å². The fourth-order valence-electron chi connectivity index (χ4n) is 1.93. The van der Waals surface area contributed by atoms with E-state index in [1.165, 1.54) is 0 Å². The molecule has 1 aromatic rings. The summed E-state index contributed by atoms with van der Waals surface area (Å²) >= 11 is 0. The van der Waals surface area contributed by atoms with Gasteiger partial charge in [-0.05, 0) is 45.7 Å². The van der Waals surface area contributed by atoms with Crippen molar-refractivity contribution < 1.29 is 9.53 Å². The van der Waals surface area contributed by atoms with Gasteiger partial charge in [0, 0.05) is 12.1 Å². The fourth-order valence-corrected chi connectivity index (χ4v) is 1.93. The highest BCUT2D eigenvalue weighted by Gasteiger charge is 2.23. The second-order valence-corrected chi connectivity index (χ2v) is 5.80. The summed E-state index contributed by atoms with van der Waals surface area (Å²) in [7, 11) is 0. The van der Waals surface area contributed by atoms with Crippen LogP contribution in [-0.4, -0.2) is 29.1 Å². The van der Waals surface area contributed by atoms with E-state index in [1.54, 1.807) is 6.20 Å². The van der Waals surface area contributed by atoms with E-state index in [4.69, 9.17) is 4.74 Å². The van der Waals surface area contributed by atoms with Crippen LogP contribution < -0.4 is 10.6 Å². The lowest BCUT2D eigenvalue weighted by atomic mass is 10.1. The Labute approximate surface area is 113 Å². The monoisotopic (exact) mass is 263 g/mol. The van der Waals surface area contributed by atoms with Gasteiger partial charge in [0.2, 0.25) is 0 Å². The second kappa shape index (κ2) is 5.57. The number of hydrogen-bond acceptors (Lipinski definition) is 4. The average Bonchev–Trinajstić information content (AvgIpc) is 2.83. The fraction of sp³-hybridized carbons (Fsp3) is 0.571. The van der Waals surface area contributed by atoms with Gasteiger partial charge in [-0.1, -0.05) is 0 Å². The van der Waals surface area contributed by atoms with Crippen molar-refractivity contribution in [1.82, 2.24) is 4.98 Å². The van der Waals surface area contributed by atoms with Crippen molar-refractivity contribution in [2.24, 2.45) is 0 Å². The van der Waals surface area contributed by atoms with Gasteiger partial charge in [0.25, 0.3) is 5.91 Å². The molecule has 1 aliphatic heterocycles. The molecule has 2 N–H and O–H groups in total. The molecule has 0 saturated carbocycles. The number of anilines is 2. The van der Waals surface area contributed by atoms with Crippen molar-refractivity contribution >= 4 is 17.4 Å². The van der Waals surface area contributed by atoms with Gasteiger partial charge < -0.3 is 15.4 Å². The zero-order valence-corrected chi connectivity index (χ0v) is 11.7. The first-order valence-corrected chi connectivity index (χ1v) is 6.61. The van der Waals surface area contributed by atoms with Crippen LogP contribution in [0.4, 0.5) is 11.5 Å². The van der Waals surface area contributed by atoms with Gasteiger partial charge in [-0.2, -0.15) is 0 Å². The molecular formula is C14H21N3O2. The summed E-state index contributed by atoms with van der Waals surface area (Å²) in [6.45, 7) is 6.89. The number of ether oxygens (including phenoxy) is 1. The van der Waals surface area contributed by atoms with Crippen molar-refractivity contribution in [2.75, 3.05) is 17.2 Å². The van der Waals surface area contributed by atoms with E-state index < -0.39 is 0 Å². The van der Waals surface area contributed by atoms with E-state index in [9.17, 15) is 4.79 Å². The summed E-state index contributed by atoms with van der Waals surface area (Å²) in [6, 6.07) is 3.70. The lowest BCUT2D eigenvalue weighted by Gasteiger charge is -2.21. The van der Waals surface area contributed by atoms with Crippen LogP contribution in [0.15, 0.2) is 18.3 Å². The lowest BCUT2D eigenvalue weighted by Crippen LogP contribution is -2.27. The topological polar surface area (TPSA) is 63.2 Å². The standard InChI is InChI=1S/C14H21N3O2/c1-14(2,3)17-12-7-6-10(9-15-12)16-13(18)11-5-4-8-19-11/h6-7,9,11H,4-5,8H2,1-3H3,(H,15,17)(H,16,18). The number of carbonyl (C=O) groups excluding carboxylic acids is 1. The predicted octanol–water partition coefficient (Wildman–Crippen LogP) is 2.41. The third-order valence-corrected chi connectivity index (χ3v) is 2.76. The van der Waals surface area contributed by atoms with Crippen molar-refractivity contribution in [1.29, 1.82) is 0 Å². The Kier molecular flexibility index (Phi) is 4.04. The predicted molar refractivity (Wildman–Crippen MR) is 75.2 cm³/mol. The molecule has 0 aromatic carbocycles. The van der Waals surface area contributed by atoms with Crippen LogP contribution in [-0.2, 0) is 9.53 Å². The summed E-state index contributed by atoms with van der Waals surface area (Å²) in [5.41, 5.74) is 0.662. The molecule has 0 aliphatic carbocycles. The molecular weight excluding hydrogens is 242 g/mol. The minimum absolute atomic E-state index is 0.0323. The van der Waals surface area contributed by atoms with Crippen molar-refractivity contribution in [3.63, 3.8) is 0 Å². The van der Waals surface area contributed by atoms with Gasteiger partial charge in [-0.15, -0.1) is 0 Å². The number of hydrogen-bond donors (Lipinski definition) is 2. The summed E-state index contributed by atoms with van der Waals surface area (Å²) < 4.78 is 5.33. The van der Waals surface area contributed by atoms with Crippen molar-refractivity contribution in [3.05, 3.63) is 18.3 Å². The molecule has 1 aromatic heterocycles. The van der Waals surface area contributed by atoms with E-state index in [-0.39, 0.29) is 17.6 Å². The van der Waals surface area contributed by atoms with E-state index in [0.29, 0.717) is 12.3 Å². The first kappa shape index (κ1) is 13.8. The second-order valence-electron chi connectivity index (χ2n) is 5.80. The Hall–Kier alpha value is -1.62. The quantitative estimate of drug-likeness (QED) is 0.879. The van der Waals surface area contributed by atoms with E-state index in [0.717, 1.165) is 18.7 Å². The third kappa shape index (κ3) is 4.21. The van der Waals surface area contributed by atoms with Gasteiger partial charge in [-0.25, -0.2) is 4.98 Å². The Morgan fingerprint density at radius 2 is 2.21 bits per heavy atom. The number of rotatable bonds is 3. The van der Waals surface area contributed by atoms with Crippen LogP contribution in [0.1, 0.15) is 33.6 Å². The molecule has 2 heterocycles. The molecule has 1 saturated heterocycles. The van der Waals surface area contributed by atoms with E-state index in [1.807, 2.05) is 12.1 Å². The molecule has 0 radical (unpaired) electrons. The Morgan fingerprint density at radius 3 is 2.74 bits per heavy atom. The van der Waals surface area contributed by atoms with Gasteiger partial charge in [-0.3, -0.25) is 4.79 Å². The highest BCUT2D eigenvalue weighted by molar-refractivity contribution is 5.94. The summed E-state index contributed by atoms with van der Waals surface area (Å²) in [5, 5.41) is 6.09. The maximum atomic E-state index is 11.8. The molecule has 5 nitrogen and oxygen atoms in total. The summed E-state index contributed by atoms with van der Waals surface area (Å²) in [5.74, 6) is 0.707. The molecule has 1 aliphatic rings. The zero-order chi connectivity index (χ0) is 13.9. The molecule has 104 valence electrons. The van der Waals surface area contributed by atoms with Gasteiger partial charge >= 0.3 is 0 Å². The molecule has 0 bridgehead atoms. The maximum Gasteiger partial charge on any atom is 0.253 e. The van der Waals surface area contributed by atoms with Gasteiger partial charge in [0.05, 0.1) is 11.9 Å². The van der Waals surface area contributed by atoms with E-state index in [2.05, 4.69) is 36.4 Å². The Bertz CT molecular complexity index is 431. The van der Waals surface area contributed by atoms with Gasteiger partial charge in [0.1, 0.15) is 11.9 Å². The molecule has 1 fully saturated rings. The van der Waals surface area contributed by atoms with Crippen LogP contribution >= 0.6 is 0 Å². The number of amides is 1. The summed E-state index contributed by atoms with van der Waals surface area (Å²) in [6.07, 6.45) is 3.08. The lowest BCUT2D eigenvalue weighted by molar-refractivity contribution is -0.124. The van der Waals surface area contributed by atoms with Crippen LogP contribution in [0, 0.1) is 0 Å². The zero-order valence-electron chi connectivity index (χ0n) is 11.7. The van der Waals surface area contributed by atoms with Crippen molar-refractivity contribution in [2.45, 2.75) is 45.3 Å². The van der Waals surface area contributed by atoms with Crippen LogP contribution in [0.3, 0.4) is 0 Å². The molecule has 1 unspecified atom stereocenters. The highest BCUT2D eigenvalue weighted by atomic mass is 16.5. The number of nitrogens with zero attached hydrogens (tertiary/aromatic N) is 1. The van der Waals surface area contributed by atoms with E-state index >= 15 is 0 Å². The number of aromatic nitrogens is 1. The minimum atomic E-state index is -0.313. The Morgan fingerprint density at radius 1 is 1.42 bits per heavy atom. The Balaban J connectivity index is 1.93. The third-order valence-electron chi connectivity index (χ3n) is 2.76. The summed E-state index contributed by atoms with van der Waals surface area (Å²) in [4.78, 5) is 16.1. The molecule has 1 atom stereocenters. The molecule has 2 rings (SSSR count). The highest BCUT2D eigenvalue weighted by Crippen LogP contribution is 2.17. The number of pyridine rings is 1. The number of carbonyl (C=O) groups is 1. The van der Waals surface area contributed by atoms with Gasteiger partial charge in [0.15, 0.2) is 0 Å².